The molecular formula is C27H29ClFN3O. The highest BCUT2D eigenvalue weighted by atomic mass is 35.5. The number of ketones is 1. The Kier molecular flexibility index (Phi) is 8.05. The van der Waals surface area contributed by atoms with Crippen molar-refractivity contribution in [1.82, 2.24) is 9.97 Å². The van der Waals surface area contributed by atoms with Crippen LogP contribution >= 0.6 is 11.6 Å². The molecule has 1 aliphatic carbocycles. The lowest BCUT2D eigenvalue weighted by Gasteiger charge is -2.22. The first-order chi connectivity index (χ1) is 16.0. The largest absolute Gasteiger partial charge is 0.361 e. The average Bonchev–Trinajstić information content (AvgIpc) is 2.82. The van der Waals surface area contributed by atoms with Gasteiger partial charge in [0, 0.05) is 17.9 Å². The fourth-order valence-electron chi connectivity index (χ4n) is 4.39. The number of hydrogen-bond donors (Lipinski definition) is 1. The number of aromatic nitrogens is 2. The van der Waals surface area contributed by atoms with Gasteiger partial charge in [-0.3, -0.25) is 9.78 Å². The van der Waals surface area contributed by atoms with Crippen molar-refractivity contribution >= 4 is 23.2 Å². The standard InChI is InChI=1S/C27H29ClFN3O/c28-22-10-6-21(7-11-22)15-25(33)18-31-27-26(16-19-4-2-1-3-5-19)32-24(17-30-27)14-20-8-12-23(29)13-9-20/h6-13,17,19H,1-5,14-16,18H2,(H,30,31). The van der Waals surface area contributed by atoms with Crippen molar-refractivity contribution < 1.29 is 9.18 Å². The molecule has 172 valence electrons. The Morgan fingerprint density at radius 3 is 2.42 bits per heavy atom. The van der Waals surface area contributed by atoms with Crippen LogP contribution in [0.15, 0.2) is 54.7 Å². The monoisotopic (exact) mass is 465 g/mol. The van der Waals surface area contributed by atoms with Crippen molar-refractivity contribution in [2.24, 2.45) is 5.92 Å². The summed E-state index contributed by atoms with van der Waals surface area (Å²) in [7, 11) is 0. The maximum atomic E-state index is 13.2. The van der Waals surface area contributed by atoms with Gasteiger partial charge in [-0.15, -0.1) is 0 Å². The summed E-state index contributed by atoms with van der Waals surface area (Å²) in [4.78, 5) is 22.1. The van der Waals surface area contributed by atoms with Gasteiger partial charge in [-0.25, -0.2) is 9.37 Å². The zero-order chi connectivity index (χ0) is 23.0. The normalized spacial score (nSPS) is 14.2. The maximum absolute atomic E-state index is 13.2. The van der Waals surface area contributed by atoms with Gasteiger partial charge in [0.05, 0.1) is 24.1 Å². The number of halogens is 2. The van der Waals surface area contributed by atoms with E-state index in [-0.39, 0.29) is 18.1 Å². The second kappa shape index (κ2) is 11.4. The molecule has 1 aromatic heterocycles. The highest BCUT2D eigenvalue weighted by Crippen LogP contribution is 2.28. The summed E-state index contributed by atoms with van der Waals surface area (Å²) < 4.78 is 13.2. The first-order valence-electron chi connectivity index (χ1n) is 11.6. The van der Waals surface area contributed by atoms with Gasteiger partial charge in [0.2, 0.25) is 0 Å². The minimum absolute atomic E-state index is 0.0816. The quantitative estimate of drug-likeness (QED) is 0.408. The van der Waals surface area contributed by atoms with E-state index in [9.17, 15) is 9.18 Å². The van der Waals surface area contributed by atoms with Gasteiger partial charge in [-0.1, -0.05) is 68.0 Å². The van der Waals surface area contributed by atoms with Crippen LogP contribution in [0.4, 0.5) is 10.2 Å². The Morgan fingerprint density at radius 1 is 1.00 bits per heavy atom. The van der Waals surface area contributed by atoms with Crippen LogP contribution in [-0.2, 0) is 24.1 Å². The van der Waals surface area contributed by atoms with Crippen molar-refractivity contribution in [3.63, 3.8) is 0 Å². The van der Waals surface area contributed by atoms with Crippen molar-refractivity contribution in [2.75, 3.05) is 11.9 Å². The lowest BCUT2D eigenvalue weighted by molar-refractivity contribution is -0.116. The van der Waals surface area contributed by atoms with Crippen LogP contribution in [-0.4, -0.2) is 22.3 Å². The minimum atomic E-state index is -0.245. The van der Waals surface area contributed by atoms with Crippen LogP contribution in [0, 0.1) is 11.7 Å². The molecule has 1 N–H and O–H groups in total. The Hall–Kier alpha value is -2.79. The molecule has 0 bridgehead atoms. The molecule has 33 heavy (non-hydrogen) atoms. The first kappa shape index (κ1) is 23.4. The summed E-state index contributed by atoms with van der Waals surface area (Å²) in [6.07, 6.45) is 9.79. The molecule has 0 radical (unpaired) electrons. The van der Waals surface area contributed by atoms with Crippen molar-refractivity contribution in [2.45, 2.75) is 51.4 Å². The molecule has 6 heteroatoms. The Morgan fingerprint density at radius 2 is 1.70 bits per heavy atom. The molecule has 0 atom stereocenters. The van der Waals surface area contributed by atoms with Crippen molar-refractivity contribution in [3.8, 4) is 0 Å². The van der Waals surface area contributed by atoms with Gasteiger partial charge < -0.3 is 5.32 Å². The Labute approximate surface area is 199 Å². The van der Waals surface area contributed by atoms with Crippen LogP contribution < -0.4 is 5.32 Å². The fraction of sp³-hybridized carbons (Fsp3) is 0.370. The number of nitrogens with zero attached hydrogens (tertiary/aromatic N) is 2. The Bertz CT molecular complexity index is 1060. The van der Waals surface area contributed by atoms with Crippen LogP contribution in [0.2, 0.25) is 5.02 Å². The van der Waals surface area contributed by atoms with Gasteiger partial charge in [-0.05, 0) is 47.7 Å². The molecule has 1 saturated carbocycles. The second-order valence-electron chi connectivity index (χ2n) is 8.86. The van der Waals surface area contributed by atoms with E-state index in [4.69, 9.17) is 16.6 Å². The zero-order valence-corrected chi connectivity index (χ0v) is 19.5. The molecule has 3 aromatic rings. The third kappa shape index (κ3) is 7.10. The minimum Gasteiger partial charge on any atom is -0.361 e. The van der Waals surface area contributed by atoms with E-state index in [1.54, 1.807) is 30.5 Å². The molecule has 4 nitrogen and oxygen atoms in total. The smallest absolute Gasteiger partial charge is 0.156 e. The fourth-order valence-corrected chi connectivity index (χ4v) is 4.52. The molecule has 4 rings (SSSR count). The van der Waals surface area contributed by atoms with Gasteiger partial charge in [0.15, 0.2) is 5.78 Å². The molecule has 0 saturated heterocycles. The van der Waals surface area contributed by atoms with E-state index in [1.807, 2.05) is 12.1 Å². The van der Waals surface area contributed by atoms with Crippen molar-refractivity contribution in [1.29, 1.82) is 0 Å². The predicted octanol–water partition coefficient (Wildman–Crippen LogP) is 6.21. The molecule has 0 unspecified atom stereocenters. The number of benzene rings is 2. The molecule has 2 aromatic carbocycles. The molecule has 1 heterocycles. The summed E-state index contributed by atoms with van der Waals surface area (Å²) in [5.41, 5.74) is 3.70. The lowest BCUT2D eigenvalue weighted by atomic mass is 9.86. The third-order valence-electron chi connectivity index (χ3n) is 6.17. The van der Waals surface area contributed by atoms with E-state index in [0.29, 0.717) is 29.6 Å². The summed E-state index contributed by atoms with van der Waals surface area (Å²) in [6.45, 7) is 0.201. The van der Waals surface area contributed by atoms with Crippen molar-refractivity contribution in [3.05, 3.63) is 88.1 Å². The van der Waals surface area contributed by atoms with Gasteiger partial charge in [-0.2, -0.15) is 0 Å². The molecule has 0 spiro atoms. The number of hydrogen-bond acceptors (Lipinski definition) is 4. The SMILES string of the molecule is O=C(CNc1ncc(Cc2ccc(F)cc2)nc1CC1CCCCC1)Cc1ccc(Cl)cc1. The van der Waals surface area contributed by atoms with Crippen LogP contribution in [0.5, 0.6) is 0 Å². The Balaban J connectivity index is 1.45. The number of carbonyl (C=O) groups is 1. The average molecular weight is 466 g/mol. The lowest BCUT2D eigenvalue weighted by Crippen LogP contribution is -2.20. The van der Waals surface area contributed by atoms with Crippen LogP contribution in [0.3, 0.4) is 0 Å². The second-order valence-corrected chi connectivity index (χ2v) is 9.30. The number of carbonyl (C=O) groups excluding carboxylic acids is 1. The summed E-state index contributed by atoms with van der Waals surface area (Å²) >= 11 is 5.93. The number of anilines is 1. The van der Waals surface area contributed by atoms with Gasteiger partial charge in [0.25, 0.3) is 0 Å². The summed E-state index contributed by atoms with van der Waals surface area (Å²) in [5.74, 6) is 1.12. The third-order valence-corrected chi connectivity index (χ3v) is 6.42. The van der Waals surface area contributed by atoms with Gasteiger partial charge in [0.1, 0.15) is 11.6 Å². The van der Waals surface area contributed by atoms with E-state index in [2.05, 4.69) is 10.3 Å². The first-order valence-corrected chi connectivity index (χ1v) is 12.0. The van der Waals surface area contributed by atoms with Crippen LogP contribution in [0.25, 0.3) is 0 Å². The maximum Gasteiger partial charge on any atom is 0.156 e. The van der Waals surface area contributed by atoms with E-state index in [0.717, 1.165) is 28.9 Å². The molecule has 0 aliphatic heterocycles. The highest BCUT2D eigenvalue weighted by Gasteiger charge is 2.18. The number of nitrogens with one attached hydrogen (secondary N) is 1. The molecular weight excluding hydrogens is 437 g/mol. The van der Waals surface area contributed by atoms with E-state index in [1.165, 1.54) is 44.2 Å². The zero-order valence-electron chi connectivity index (χ0n) is 18.7. The topological polar surface area (TPSA) is 54.9 Å². The molecule has 0 amide bonds. The number of Topliss-reactive ketones (excluding diaryl/α,β-unsaturated/α-hetero) is 1. The summed E-state index contributed by atoms with van der Waals surface area (Å²) in [5, 5.41) is 3.89. The van der Waals surface area contributed by atoms with Gasteiger partial charge >= 0.3 is 0 Å². The number of rotatable bonds is 9. The van der Waals surface area contributed by atoms with Crippen LogP contribution in [0.1, 0.15) is 54.6 Å². The summed E-state index contributed by atoms with van der Waals surface area (Å²) in [6, 6.07) is 13.8. The predicted molar refractivity (Wildman–Crippen MR) is 130 cm³/mol. The highest BCUT2D eigenvalue weighted by molar-refractivity contribution is 6.30. The molecule has 1 fully saturated rings. The van der Waals surface area contributed by atoms with E-state index >= 15 is 0 Å². The van der Waals surface area contributed by atoms with E-state index < -0.39 is 0 Å². The molecule has 1 aliphatic rings.